The monoisotopic (exact) mass is 225 g/mol. The summed E-state index contributed by atoms with van der Waals surface area (Å²) in [5.74, 6) is 0.162. The molecule has 0 aromatic carbocycles. The summed E-state index contributed by atoms with van der Waals surface area (Å²) in [5, 5.41) is 9.00. The van der Waals surface area contributed by atoms with Crippen molar-refractivity contribution in [3.8, 4) is 0 Å². The lowest BCUT2D eigenvalue weighted by Crippen LogP contribution is -2.37. The first-order valence-corrected chi connectivity index (χ1v) is 6.67. The fraction of sp³-hybridized carbons (Fsp3) is 0.923. The molecule has 16 heavy (non-hydrogen) atoms. The van der Waals surface area contributed by atoms with Gasteiger partial charge in [0, 0.05) is 12.6 Å². The van der Waals surface area contributed by atoms with Gasteiger partial charge in [-0.05, 0) is 31.7 Å². The van der Waals surface area contributed by atoms with E-state index in [0.717, 1.165) is 25.4 Å². The van der Waals surface area contributed by atoms with Crippen molar-refractivity contribution in [1.82, 2.24) is 4.90 Å². The van der Waals surface area contributed by atoms with Crippen LogP contribution in [-0.2, 0) is 4.79 Å². The van der Waals surface area contributed by atoms with Crippen molar-refractivity contribution in [2.45, 2.75) is 51.5 Å². The van der Waals surface area contributed by atoms with E-state index < -0.39 is 5.97 Å². The number of nitrogens with zero attached hydrogens (tertiary/aromatic N) is 1. The first-order chi connectivity index (χ1) is 7.70. The van der Waals surface area contributed by atoms with E-state index in [1.165, 1.54) is 32.1 Å². The van der Waals surface area contributed by atoms with Crippen LogP contribution in [0.25, 0.3) is 0 Å². The minimum atomic E-state index is -0.606. The summed E-state index contributed by atoms with van der Waals surface area (Å²) in [6, 6.07) is 0.669. The number of aliphatic carboxylic acids is 1. The number of hydrogen-bond acceptors (Lipinski definition) is 2. The molecule has 0 aromatic heterocycles. The Balaban J connectivity index is 1.86. The number of carboxylic acid groups (broad SMARTS) is 1. The molecule has 0 spiro atoms. The van der Waals surface area contributed by atoms with Crippen molar-refractivity contribution in [3.05, 3.63) is 0 Å². The van der Waals surface area contributed by atoms with Crippen LogP contribution in [0.2, 0.25) is 0 Å². The molecule has 1 saturated carbocycles. The largest absolute Gasteiger partial charge is 0.481 e. The molecule has 2 aliphatic rings. The van der Waals surface area contributed by atoms with Gasteiger partial charge in [0.15, 0.2) is 0 Å². The molecular formula is C13H23NO2. The standard InChI is InChI=1S/C13H23NO2/c1-2-10-4-3-5-12(8-10)14-7-6-11(9-14)13(15)16/h10-12H,2-9H2,1H3,(H,15,16). The fourth-order valence-electron chi connectivity index (χ4n) is 3.29. The lowest BCUT2D eigenvalue weighted by atomic mass is 9.83. The Hall–Kier alpha value is -0.570. The predicted molar refractivity (Wildman–Crippen MR) is 63.4 cm³/mol. The molecule has 0 aromatic rings. The maximum atomic E-state index is 10.9. The molecule has 0 amide bonds. The quantitative estimate of drug-likeness (QED) is 0.801. The molecule has 1 N–H and O–H groups in total. The van der Waals surface area contributed by atoms with E-state index in [2.05, 4.69) is 11.8 Å². The van der Waals surface area contributed by atoms with Crippen LogP contribution in [0.4, 0.5) is 0 Å². The van der Waals surface area contributed by atoms with Crippen molar-refractivity contribution >= 4 is 5.97 Å². The van der Waals surface area contributed by atoms with Gasteiger partial charge < -0.3 is 5.11 Å². The van der Waals surface area contributed by atoms with E-state index >= 15 is 0 Å². The van der Waals surface area contributed by atoms with Gasteiger partial charge in [-0.3, -0.25) is 9.69 Å². The Bertz CT molecular complexity index is 254. The van der Waals surface area contributed by atoms with E-state index in [4.69, 9.17) is 5.11 Å². The molecule has 1 saturated heterocycles. The van der Waals surface area contributed by atoms with Gasteiger partial charge in [0.1, 0.15) is 0 Å². The minimum absolute atomic E-state index is 0.109. The summed E-state index contributed by atoms with van der Waals surface area (Å²) in [7, 11) is 0. The van der Waals surface area contributed by atoms with Crippen LogP contribution >= 0.6 is 0 Å². The average Bonchev–Trinajstić information content (AvgIpc) is 2.78. The van der Waals surface area contributed by atoms with Gasteiger partial charge in [0.2, 0.25) is 0 Å². The van der Waals surface area contributed by atoms with Crippen LogP contribution in [0.15, 0.2) is 0 Å². The molecule has 3 atom stereocenters. The average molecular weight is 225 g/mol. The van der Waals surface area contributed by atoms with Crippen LogP contribution in [0.3, 0.4) is 0 Å². The van der Waals surface area contributed by atoms with Crippen LogP contribution in [0, 0.1) is 11.8 Å². The zero-order valence-electron chi connectivity index (χ0n) is 10.2. The smallest absolute Gasteiger partial charge is 0.307 e. The highest BCUT2D eigenvalue weighted by Crippen LogP contribution is 2.32. The highest BCUT2D eigenvalue weighted by atomic mass is 16.4. The first kappa shape index (κ1) is 11.9. The molecule has 3 unspecified atom stereocenters. The molecule has 92 valence electrons. The van der Waals surface area contributed by atoms with Gasteiger partial charge in [-0.2, -0.15) is 0 Å². The van der Waals surface area contributed by atoms with Crippen LogP contribution in [0.5, 0.6) is 0 Å². The Morgan fingerprint density at radius 2 is 2.19 bits per heavy atom. The van der Waals surface area contributed by atoms with Crippen LogP contribution in [-0.4, -0.2) is 35.1 Å². The molecule has 1 aliphatic heterocycles. The second-order valence-electron chi connectivity index (χ2n) is 5.41. The van der Waals surface area contributed by atoms with Crippen LogP contribution in [0.1, 0.15) is 45.4 Å². The molecule has 0 bridgehead atoms. The Labute approximate surface area is 97.8 Å². The summed E-state index contributed by atoms with van der Waals surface area (Å²) >= 11 is 0. The summed E-state index contributed by atoms with van der Waals surface area (Å²) < 4.78 is 0. The van der Waals surface area contributed by atoms with Gasteiger partial charge in [0.05, 0.1) is 5.92 Å². The predicted octanol–water partition coefficient (Wildman–Crippen LogP) is 2.36. The SMILES string of the molecule is CCC1CCCC(N2CCC(C(=O)O)C2)C1. The lowest BCUT2D eigenvalue weighted by Gasteiger charge is -2.35. The van der Waals surface area contributed by atoms with Gasteiger partial charge in [0.25, 0.3) is 0 Å². The van der Waals surface area contributed by atoms with Gasteiger partial charge >= 0.3 is 5.97 Å². The summed E-state index contributed by atoms with van der Waals surface area (Å²) in [6.45, 7) is 4.06. The van der Waals surface area contributed by atoms with Crippen molar-refractivity contribution in [3.63, 3.8) is 0 Å². The zero-order valence-corrected chi connectivity index (χ0v) is 10.2. The van der Waals surface area contributed by atoms with E-state index in [0.29, 0.717) is 6.04 Å². The van der Waals surface area contributed by atoms with Crippen molar-refractivity contribution in [2.24, 2.45) is 11.8 Å². The second-order valence-corrected chi connectivity index (χ2v) is 5.41. The number of rotatable bonds is 3. The minimum Gasteiger partial charge on any atom is -0.481 e. The Kier molecular flexibility index (Phi) is 3.85. The third-order valence-corrected chi connectivity index (χ3v) is 4.42. The molecule has 2 rings (SSSR count). The molecule has 0 radical (unpaired) electrons. The maximum Gasteiger partial charge on any atom is 0.307 e. The van der Waals surface area contributed by atoms with Gasteiger partial charge in [-0.25, -0.2) is 0 Å². The summed E-state index contributed by atoms with van der Waals surface area (Å²) in [4.78, 5) is 13.4. The van der Waals surface area contributed by atoms with Crippen molar-refractivity contribution in [1.29, 1.82) is 0 Å². The van der Waals surface area contributed by atoms with Gasteiger partial charge in [-0.15, -0.1) is 0 Å². The van der Waals surface area contributed by atoms with E-state index in [-0.39, 0.29) is 5.92 Å². The number of carbonyl (C=O) groups is 1. The normalized spacial score (nSPS) is 36.4. The molecule has 3 nitrogen and oxygen atoms in total. The third kappa shape index (κ3) is 2.57. The third-order valence-electron chi connectivity index (χ3n) is 4.42. The fourth-order valence-corrected chi connectivity index (χ4v) is 3.29. The van der Waals surface area contributed by atoms with E-state index in [1.807, 2.05) is 0 Å². The maximum absolute atomic E-state index is 10.9. The van der Waals surface area contributed by atoms with E-state index in [9.17, 15) is 4.79 Å². The number of likely N-dealkylation sites (tertiary alicyclic amines) is 1. The van der Waals surface area contributed by atoms with E-state index in [1.54, 1.807) is 0 Å². The lowest BCUT2D eigenvalue weighted by molar-refractivity contribution is -0.141. The van der Waals surface area contributed by atoms with Crippen molar-refractivity contribution < 1.29 is 9.90 Å². The molecule has 2 fully saturated rings. The molecule has 1 heterocycles. The van der Waals surface area contributed by atoms with Gasteiger partial charge in [-0.1, -0.05) is 26.2 Å². The molecule has 3 heteroatoms. The Morgan fingerprint density at radius 1 is 1.38 bits per heavy atom. The number of carboxylic acids is 1. The van der Waals surface area contributed by atoms with Crippen LogP contribution < -0.4 is 0 Å². The zero-order chi connectivity index (χ0) is 11.5. The topological polar surface area (TPSA) is 40.5 Å². The molecular weight excluding hydrogens is 202 g/mol. The number of hydrogen-bond donors (Lipinski definition) is 1. The first-order valence-electron chi connectivity index (χ1n) is 6.67. The summed E-state index contributed by atoms with van der Waals surface area (Å²) in [6.07, 6.45) is 7.42. The Morgan fingerprint density at radius 3 is 2.81 bits per heavy atom. The second kappa shape index (κ2) is 5.17. The highest BCUT2D eigenvalue weighted by molar-refractivity contribution is 5.70. The highest BCUT2D eigenvalue weighted by Gasteiger charge is 2.34. The summed E-state index contributed by atoms with van der Waals surface area (Å²) in [5.41, 5.74) is 0. The molecule has 1 aliphatic carbocycles. The van der Waals surface area contributed by atoms with Crippen molar-refractivity contribution in [2.75, 3.05) is 13.1 Å².